The molecule has 0 atom stereocenters. The Morgan fingerprint density at radius 1 is 1.33 bits per heavy atom. The summed E-state index contributed by atoms with van der Waals surface area (Å²) < 4.78 is 33.5. The second-order valence-corrected chi connectivity index (χ2v) is 4.89. The van der Waals surface area contributed by atoms with E-state index in [9.17, 15) is 13.2 Å². The molecular weight excluding hydrogens is 266 g/mol. The molecule has 0 bridgehead atoms. The Morgan fingerprint density at radius 3 is 2.22 bits per heavy atom. The molecule has 1 heterocycles. The summed E-state index contributed by atoms with van der Waals surface area (Å²) >= 11 is 0. The first kappa shape index (κ1) is 14.0. The molecule has 0 saturated heterocycles. The molecule has 2 N–H and O–H groups in total. The molecule has 1 aromatic rings. The molecule has 0 aliphatic heterocycles. The van der Waals surface area contributed by atoms with Crippen molar-refractivity contribution < 1.29 is 27.8 Å². The first-order chi connectivity index (χ1) is 8.42. The van der Waals surface area contributed by atoms with Crippen LogP contribution in [0.4, 0.5) is 4.79 Å². The van der Waals surface area contributed by atoms with Gasteiger partial charge in [-0.25, -0.2) is 23.2 Å². The Hall–Kier alpha value is -2.10. The van der Waals surface area contributed by atoms with Gasteiger partial charge in [0, 0.05) is 0 Å². The molecule has 0 aromatic carbocycles. The highest BCUT2D eigenvalue weighted by Gasteiger charge is 2.27. The summed E-state index contributed by atoms with van der Waals surface area (Å²) in [6.07, 6.45) is -0.394. The standard InChI is InChI=1S/C8H11N3O6S/c1-16-6-5(7(17-2)10-3-9-6)18(14,15)4-11-8(12)13/h3,11H,4H2,1-2H3,(H,12,13). The van der Waals surface area contributed by atoms with E-state index in [0.717, 1.165) is 6.33 Å². The molecule has 0 spiro atoms. The lowest BCUT2D eigenvalue weighted by Crippen LogP contribution is -2.28. The van der Waals surface area contributed by atoms with Crippen molar-refractivity contribution in [1.82, 2.24) is 15.3 Å². The van der Waals surface area contributed by atoms with Crippen LogP contribution in [-0.4, -0.2) is 49.7 Å². The summed E-state index contributed by atoms with van der Waals surface area (Å²) in [6.45, 7) is 0. The molecule has 10 heteroatoms. The Balaban J connectivity index is 3.25. The number of rotatable bonds is 5. The summed E-state index contributed by atoms with van der Waals surface area (Å²) in [5.74, 6) is -1.26. The van der Waals surface area contributed by atoms with Crippen LogP contribution in [0, 0.1) is 0 Å². The van der Waals surface area contributed by atoms with Crippen molar-refractivity contribution in [3.05, 3.63) is 6.33 Å². The van der Waals surface area contributed by atoms with Crippen LogP contribution in [0.15, 0.2) is 11.2 Å². The first-order valence-electron chi connectivity index (χ1n) is 4.55. The number of methoxy groups -OCH3 is 2. The number of nitrogens with zero attached hydrogens (tertiary/aromatic N) is 2. The predicted octanol–water partition coefficient (Wildman–Crippen LogP) is -0.507. The molecule has 1 aromatic heterocycles. The maximum absolute atomic E-state index is 11.9. The zero-order valence-electron chi connectivity index (χ0n) is 9.58. The Bertz CT molecular complexity index is 522. The average Bonchev–Trinajstić information content (AvgIpc) is 2.35. The van der Waals surface area contributed by atoms with E-state index < -0.39 is 26.7 Å². The van der Waals surface area contributed by atoms with Crippen molar-refractivity contribution in [2.75, 3.05) is 20.1 Å². The lowest BCUT2D eigenvalue weighted by molar-refractivity contribution is 0.196. The van der Waals surface area contributed by atoms with E-state index in [-0.39, 0.29) is 11.8 Å². The monoisotopic (exact) mass is 277 g/mol. The lowest BCUT2D eigenvalue weighted by Gasteiger charge is -2.11. The van der Waals surface area contributed by atoms with E-state index in [1.54, 1.807) is 5.32 Å². The molecule has 100 valence electrons. The maximum atomic E-state index is 11.9. The molecule has 0 radical (unpaired) electrons. The molecule has 0 aliphatic carbocycles. The Labute approximate surface area is 103 Å². The van der Waals surface area contributed by atoms with Gasteiger partial charge >= 0.3 is 6.09 Å². The van der Waals surface area contributed by atoms with Crippen molar-refractivity contribution in [1.29, 1.82) is 0 Å². The minimum absolute atomic E-state index is 0.214. The second kappa shape index (κ2) is 5.49. The van der Waals surface area contributed by atoms with Gasteiger partial charge in [-0.05, 0) is 0 Å². The van der Waals surface area contributed by atoms with E-state index in [2.05, 4.69) is 9.97 Å². The fraction of sp³-hybridized carbons (Fsp3) is 0.375. The molecule has 1 rings (SSSR count). The van der Waals surface area contributed by atoms with Gasteiger partial charge in [-0.1, -0.05) is 0 Å². The second-order valence-electron chi connectivity index (χ2n) is 2.96. The predicted molar refractivity (Wildman–Crippen MR) is 58.3 cm³/mol. The van der Waals surface area contributed by atoms with E-state index in [1.807, 2.05) is 0 Å². The third kappa shape index (κ3) is 2.97. The van der Waals surface area contributed by atoms with Crippen LogP contribution < -0.4 is 14.8 Å². The van der Waals surface area contributed by atoms with Gasteiger partial charge in [0.15, 0.2) is 4.90 Å². The molecule has 0 saturated carbocycles. The van der Waals surface area contributed by atoms with Crippen molar-refractivity contribution in [3.63, 3.8) is 0 Å². The van der Waals surface area contributed by atoms with Crippen molar-refractivity contribution >= 4 is 15.9 Å². The summed E-state index contributed by atoms with van der Waals surface area (Å²) in [5.41, 5.74) is 0. The number of hydrogen-bond acceptors (Lipinski definition) is 7. The van der Waals surface area contributed by atoms with E-state index in [0.29, 0.717) is 0 Å². The smallest absolute Gasteiger partial charge is 0.405 e. The highest BCUT2D eigenvalue weighted by Crippen LogP contribution is 2.29. The third-order valence-corrected chi connectivity index (χ3v) is 3.35. The topological polar surface area (TPSA) is 128 Å². The van der Waals surface area contributed by atoms with Gasteiger partial charge in [0.25, 0.3) is 0 Å². The molecule has 1 amide bonds. The zero-order valence-corrected chi connectivity index (χ0v) is 10.4. The first-order valence-corrected chi connectivity index (χ1v) is 6.20. The van der Waals surface area contributed by atoms with Crippen LogP contribution in [0.2, 0.25) is 0 Å². The summed E-state index contributed by atoms with van der Waals surface area (Å²) in [4.78, 5) is 17.2. The lowest BCUT2D eigenvalue weighted by atomic mass is 10.6. The van der Waals surface area contributed by atoms with Gasteiger partial charge < -0.3 is 19.9 Å². The van der Waals surface area contributed by atoms with Gasteiger partial charge in [-0.2, -0.15) is 0 Å². The molecule has 0 fully saturated rings. The molecule has 9 nitrogen and oxygen atoms in total. The normalized spacial score (nSPS) is 10.8. The number of aromatic nitrogens is 2. The Morgan fingerprint density at radius 2 is 1.83 bits per heavy atom. The quantitative estimate of drug-likeness (QED) is 0.736. The highest BCUT2D eigenvalue weighted by atomic mass is 32.2. The van der Waals surface area contributed by atoms with E-state index >= 15 is 0 Å². The number of hydrogen-bond donors (Lipinski definition) is 2. The zero-order chi connectivity index (χ0) is 13.8. The van der Waals surface area contributed by atoms with Gasteiger partial charge in [0.2, 0.25) is 21.6 Å². The van der Waals surface area contributed by atoms with Gasteiger partial charge in [0.05, 0.1) is 14.2 Å². The Kier molecular flexibility index (Phi) is 4.26. The van der Waals surface area contributed by atoms with E-state index in [4.69, 9.17) is 14.6 Å². The number of nitrogens with one attached hydrogen (secondary N) is 1. The van der Waals surface area contributed by atoms with Crippen molar-refractivity contribution in [2.45, 2.75) is 4.90 Å². The van der Waals surface area contributed by atoms with Gasteiger partial charge in [-0.3, -0.25) is 0 Å². The minimum atomic E-state index is -4.01. The van der Waals surface area contributed by atoms with Gasteiger partial charge in [0.1, 0.15) is 12.2 Å². The summed E-state index contributed by atoms with van der Waals surface area (Å²) in [5, 5.41) is 10.2. The average molecular weight is 277 g/mol. The SMILES string of the molecule is COc1ncnc(OC)c1S(=O)(=O)CNC(=O)O. The fourth-order valence-corrected chi connectivity index (χ4v) is 2.39. The molecular formula is C8H11N3O6S. The van der Waals surface area contributed by atoms with Gasteiger partial charge in [-0.15, -0.1) is 0 Å². The fourth-order valence-electron chi connectivity index (χ4n) is 1.13. The van der Waals surface area contributed by atoms with E-state index in [1.165, 1.54) is 14.2 Å². The number of carbonyl (C=O) groups is 1. The van der Waals surface area contributed by atoms with Crippen LogP contribution in [0.1, 0.15) is 0 Å². The number of carboxylic acid groups (broad SMARTS) is 1. The minimum Gasteiger partial charge on any atom is -0.480 e. The van der Waals surface area contributed by atoms with Crippen LogP contribution in [0.5, 0.6) is 11.8 Å². The largest absolute Gasteiger partial charge is 0.480 e. The van der Waals surface area contributed by atoms with Crippen molar-refractivity contribution in [3.8, 4) is 11.8 Å². The van der Waals surface area contributed by atoms with Crippen LogP contribution in [0.25, 0.3) is 0 Å². The van der Waals surface area contributed by atoms with Crippen LogP contribution in [-0.2, 0) is 9.84 Å². The maximum Gasteiger partial charge on any atom is 0.405 e. The summed E-state index contributed by atoms with van der Waals surface area (Å²) in [6, 6.07) is 0. The van der Waals surface area contributed by atoms with Crippen LogP contribution >= 0.6 is 0 Å². The molecule has 18 heavy (non-hydrogen) atoms. The number of amides is 1. The molecule has 0 unspecified atom stereocenters. The number of ether oxygens (including phenoxy) is 2. The van der Waals surface area contributed by atoms with Crippen LogP contribution in [0.3, 0.4) is 0 Å². The molecule has 0 aliphatic rings. The van der Waals surface area contributed by atoms with Crippen molar-refractivity contribution in [2.24, 2.45) is 0 Å². The highest BCUT2D eigenvalue weighted by molar-refractivity contribution is 7.91. The third-order valence-electron chi connectivity index (χ3n) is 1.85. The number of sulfone groups is 1. The summed E-state index contributed by atoms with van der Waals surface area (Å²) in [7, 11) is -1.55.